The van der Waals surface area contributed by atoms with Gasteiger partial charge in [0.15, 0.2) is 5.11 Å². The highest BCUT2D eigenvalue weighted by molar-refractivity contribution is 7.80. The maximum Gasteiger partial charge on any atom is 0.178 e. The molecule has 0 saturated carbocycles. The first-order chi connectivity index (χ1) is 11.7. The van der Waals surface area contributed by atoms with E-state index >= 15 is 0 Å². The van der Waals surface area contributed by atoms with Crippen molar-refractivity contribution < 1.29 is 0 Å². The molecular formula is C20H17ClN2S. The average molecular weight is 353 g/mol. The molecule has 0 saturated heterocycles. The van der Waals surface area contributed by atoms with Crippen LogP contribution in [0.1, 0.15) is 5.56 Å². The highest BCUT2D eigenvalue weighted by atomic mass is 35.5. The van der Waals surface area contributed by atoms with Crippen LogP contribution in [0.2, 0.25) is 5.02 Å². The van der Waals surface area contributed by atoms with E-state index in [1.807, 2.05) is 60.7 Å². The monoisotopic (exact) mass is 352 g/mol. The Morgan fingerprint density at radius 3 is 2.04 bits per heavy atom. The zero-order valence-corrected chi connectivity index (χ0v) is 14.6. The van der Waals surface area contributed by atoms with Gasteiger partial charge in [0.2, 0.25) is 0 Å². The summed E-state index contributed by atoms with van der Waals surface area (Å²) >= 11 is 11.6. The predicted molar refractivity (Wildman–Crippen MR) is 107 cm³/mol. The fourth-order valence-electron chi connectivity index (χ4n) is 2.38. The Hall–Kier alpha value is -2.36. The number of halogens is 1. The number of hydrogen-bond acceptors (Lipinski definition) is 1. The minimum atomic E-state index is 0.646. The van der Waals surface area contributed by atoms with E-state index in [9.17, 15) is 0 Å². The van der Waals surface area contributed by atoms with Crippen molar-refractivity contribution in [2.24, 2.45) is 0 Å². The molecule has 0 amide bonds. The van der Waals surface area contributed by atoms with Crippen LogP contribution in [0.4, 0.5) is 11.4 Å². The lowest BCUT2D eigenvalue weighted by atomic mass is 10.2. The van der Waals surface area contributed by atoms with E-state index in [0.717, 1.165) is 11.4 Å². The van der Waals surface area contributed by atoms with Crippen LogP contribution in [-0.2, 0) is 6.54 Å². The lowest BCUT2D eigenvalue weighted by molar-refractivity contribution is 1.01. The van der Waals surface area contributed by atoms with Gasteiger partial charge in [0, 0.05) is 16.4 Å². The molecule has 0 radical (unpaired) electrons. The van der Waals surface area contributed by atoms with E-state index < -0.39 is 0 Å². The van der Waals surface area contributed by atoms with Gasteiger partial charge in [0.1, 0.15) is 0 Å². The zero-order valence-electron chi connectivity index (χ0n) is 13.0. The summed E-state index contributed by atoms with van der Waals surface area (Å²) < 4.78 is 0. The van der Waals surface area contributed by atoms with Crippen LogP contribution in [0.25, 0.3) is 0 Å². The molecule has 0 unspecified atom stereocenters. The summed E-state index contributed by atoms with van der Waals surface area (Å²) in [6, 6.07) is 27.9. The van der Waals surface area contributed by atoms with Gasteiger partial charge in [0.25, 0.3) is 0 Å². The Labute approximate surface area is 152 Å². The third-order valence-electron chi connectivity index (χ3n) is 3.59. The number of para-hydroxylation sites is 1. The summed E-state index contributed by atoms with van der Waals surface area (Å²) in [5, 5.41) is 4.64. The molecule has 0 heterocycles. The number of nitrogens with one attached hydrogen (secondary N) is 1. The minimum absolute atomic E-state index is 0.646. The second-order valence-corrected chi connectivity index (χ2v) is 6.17. The van der Waals surface area contributed by atoms with Crippen LogP contribution in [0.5, 0.6) is 0 Å². The fourth-order valence-corrected chi connectivity index (χ4v) is 2.79. The van der Waals surface area contributed by atoms with Crippen LogP contribution in [0.3, 0.4) is 0 Å². The van der Waals surface area contributed by atoms with Gasteiger partial charge in [0.05, 0.1) is 6.54 Å². The fraction of sp³-hybridized carbons (Fsp3) is 0.0500. The van der Waals surface area contributed by atoms with Gasteiger partial charge in [-0.2, -0.15) is 0 Å². The molecule has 0 fully saturated rings. The summed E-state index contributed by atoms with van der Waals surface area (Å²) in [5.74, 6) is 0. The molecule has 0 atom stereocenters. The number of thiocarbonyl (C=S) groups is 1. The summed E-state index contributed by atoms with van der Waals surface area (Å²) in [7, 11) is 0. The van der Waals surface area contributed by atoms with E-state index in [0.29, 0.717) is 16.7 Å². The maximum atomic E-state index is 5.94. The second kappa shape index (κ2) is 7.95. The van der Waals surface area contributed by atoms with Gasteiger partial charge in [-0.05, 0) is 54.2 Å². The van der Waals surface area contributed by atoms with Crippen LogP contribution in [0, 0.1) is 0 Å². The van der Waals surface area contributed by atoms with E-state index in [2.05, 4.69) is 34.5 Å². The predicted octanol–water partition coefficient (Wildman–Crippen LogP) is 5.74. The number of hydrogen-bond donors (Lipinski definition) is 1. The van der Waals surface area contributed by atoms with Crippen molar-refractivity contribution in [1.29, 1.82) is 0 Å². The summed E-state index contributed by atoms with van der Waals surface area (Å²) in [6.07, 6.45) is 0. The smallest absolute Gasteiger partial charge is 0.178 e. The third kappa shape index (κ3) is 4.34. The Bertz CT molecular complexity index is 789. The Balaban J connectivity index is 1.83. The molecule has 4 heteroatoms. The van der Waals surface area contributed by atoms with Crippen LogP contribution in [0.15, 0.2) is 84.9 Å². The first kappa shape index (κ1) is 16.5. The molecule has 1 N–H and O–H groups in total. The van der Waals surface area contributed by atoms with Crippen molar-refractivity contribution in [2.45, 2.75) is 6.54 Å². The molecule has 0 aliphatic rings. The molecule has 0 bridgehead atoms. The van der Waals surface area contributed by atoms with Gasteiger partial charge in [-0.3, -0.25) is 0 Å². The van der Waals surface area contributed by atoms with Crippen molar-refractivity contribution in [3.63, 3.8) is 0 Å². The van der Waals surface area contributed by atoms with Crippen molar-refractivity contribution in [1.82, 2.24) is 0 Å². The number of nitrogens with zero attached hydrogens (tertiary/aromatic N) is 1. The zero-order chi connectivity index (χ0) is 16.8. The lowest BCUT2D eigenvalue weighted by Crippen LogP contribution is -2.34. The molecule has 3 aromatic rings. The van der Waals surface area contributed by atoms with Crippen LogP contribution < -0.4 is 10.2 Å². The van der Waals surface area contributed by atoms with Crippen molar-refractivity contribution in [2.75, 3.05) is 10.2 Å². The standard InChI is InChI=1S/C20H17ClN2S/c21-17-11-13-18(14-12-17)22-20(24)23(19-9-5-2-6-10-19)15-16-7-3-1-4-8-16/h1-14H,15H2,(H,22,24). The lowest BCUT2D eigenvalue weighted by Gasteiger charge is -2.26. The van der Waals surface area contributed by atoms with Crippen molar-refractivity contribution in [3.8, 4) is 0 Å². The molecule has 120 valence electrons. The average Bonchev–Trinajstić information content (AvgIpc) is 2.63. The summed E-state index contributed by atoms with van der Waals surface area (Å²) in [4.78, 5) is 2.08. The molecule has 3 rings (SSSR count). The minimum Gasteiger partial charge on any atom is -0.332 e. The highest BCUT2D eigenvalue weighted by Crippen LogP contribution is 2.20. The number of anilines is 2. The highest BCUT2D eigenvalue weighted by Gasteiger charge is 2.13. The maximum absolute atomic E-state index is 5.94. The SMILES string of the molecule is S=C(Nc1ccc(Cl)cc1)N(Cc1ccccc1)c1ccccc1. The van der Waals surface area contributed by atoms with E-state index in [1.165, 1.54) is 5.56 Å². The first-order valence-corrected chi connectivity index (χ1v) is 8.44. The molecule has 2 nitrogen and oxygen atoms in total. The molecule has 3 aromatic carbocycles. The molecule has 24 heavy (non-hydrogen) atoms. The van der Waals surface area contributed by atoms with Gasteiger partial charge in [-0.25, -0.2) is 0 Å². The van der Waals surface area contributed by atoms with Gasteiger partial charge in [-0.15, -0.1) is 0 Å². The quantitative estimate of drug-likeness (QED) is 0.602. The van der Waals surface area contributed by atoms with Gasteiger partial charge < -0.3 is 10.2 Å². The molecular weight excluding hydrogens is 336 g/mol. The molecule has 0 aliphatic heterocycles. The summed E-state index contributed by atoms with van der Waals surface area (Å²) in [6.45, 7) is 0.699. The van der Waals surface area contributed by atoms with Crippen LogP contribution in [-0.4, -0.2) is 5.11 Å². The molecule has 0 aromatic heterocycles. The van der Waals surface area contributed by atoms with E-state index in [4.69, 9.17) is 23.8 Å². The number of benzene rings is 3. The second-order valence-electron chi connectivity index (χ2n) is 5.34. The molecule has 0 aliphatic carbocycles. The van der Waals surface area contributed by atoms with E-state index in [-0.39, 0.29) is 0 Å². The van der Waals surface area contributed by atoms with Crippen molar-refractivity contribution >= 4 is 40.3 Å². The summed E-state index contributed by atoms with van der Waals surface area (Å²) in [5.41, 5.74) is 3.16. The van der Waals surface area contributed by atoms with E-state index in [1.54, 1.807) is 0 Å². The largest absolute Gasteiger partial charge is 0.332 e. The first-order valence-electron chi connectivity index (χ1n) is 7.65. The topological polar surface area (TPSA) is 15.3 Å². The number of rotatable bonds is 4. The van der Waals surface area contributed by atoms with Gasteiger partial charge >= 0.3 is 0 Å². The normalized spacial score (nSPS) is 10.2. The Morgan fingerprint density at radius 1 is 0.833 bits per heavy atom. The Kier molecular flexibility index (Phi) is 5.47. The third-order valence-corrected chi connectivity index (χ3v) is 4.17. The van der Waals surface area contributed by atoms with Crippen LogP contribution >= 0.6 is 23.8 Å². The van der Waals surface area contributed by atoms with Crippen molar-refractivity contribution in [3.05, 3.63) is 95.5 Å². The van der Waals surface area contributed by atoms with Gasteiger partial charge in [-0.1, -0.05) is 60.1 Å². The molecule has 0 spiro atoms. The Morgan fingerprint density at radius 2 is 1.42 bits per heavy atom.